The van der Waals surface area contributed by atoms with Gasteiger partial charge in [0.05, 0.1) is 13.0 Å². The van der Waals surface area contributed by atoms with Crippen molar-refractivity contribution in [3.63, 3.8) is 0 Å². The zero-order chi connectivity index (χ0) is 12.9. The molecule has 0 saturated heterocycles. The van der Waals surface area contributed by atoms with Gasteiger partial charge in [0.1, 0.15) is 0 Å². The number of hydrogen-bond donors (Lipinski definition) is 0. The van der Waals surface area contributed by atoms with E-state index in [0.717, 1.165) is 12.8 Å². The zero-order valence-electron chi connectivity index (χ0n) is 11.7. The summed E-state index contributed by atoms with van der Waals surface area (Å²) in [5.74, 6) is 0.566. The third kappa shape index (κ3) is 4.93. The SMILES string of the molecule is CCOC(=O)CC1(C)CCC/C(=C/C(C)C)C1. The van der Waals surface area contributed by atoms with Gasteiger partial charge in [-0.15, -0.1) is 0 Å². The van der Waals surface area contributed by atoms with Gasteiger partial charge in [0.15, 0.2) is 0 Å². The van der Waals surface area contributed by atoms with Gasteiger partial charge in [-0.25, -0.2) is 0 Å². The summed E-state index contributed by atoms with van der Waals surface area (Å²) in [7, 11) is 0. The summed E-state index contributed by atoms with van der Waals surface area (Å²) in [5.41, 5.74) is 1.64. The highest BCUT2D eigenvalue weighted by molar-refractivity contribution is 5.70. The fourth-order valence-electron chi connectivity index (χ4n) is 2.79. The summed E-state index contributed by atoms with van der Waals surface area (Å²) < 4.78 is 5.07. The highest BCUT2D eigenvalue weighted by atomic mass is 16.5. The van der Waals surface area contributed by atoms with Gasteiger partial charge in [-0.3, -0.25) is 4.79 Å². The fraction of sp³-hybridized carbons (Fsp3) is 0.800. The standard InChI is InChI=1S/C15H26O2/c1-5-17-14(16)11-15(4)8-6-7-13(10-15)9-12(2)3/h9,12H,5-8,10-11H2,1-4H3/b13-9-. The maximum atomic E-state index is 11.6. The van der Waals surface area contributed by atoms with Crippen molar-refractivity contribution in [2.45, 2.75) is 59.8 Å². The van der Waals surface area contributed by atoms with Crippen molar-refractivity contribution < 1.29 is 9.53 Å². The minimum atomic E-state index is -0.0409. The fourth-order valence-corrected chi connectivity index (χ4v) is 2.79. The van der Waals surface area contributed by atoms with E-state index in [0.29, 0.717) is 18.9 Å². The molecule has 1 rings (SSSR count). The number of carbonyl (C=O) groups excluding carboxylic acids is 1. The molecule has 0 aromatic heterocycles. The molecule has 1 unspecified atom stereocenters. The van der Waals surface area contributed by atoms with E-state index in [2.05, 4.69) is 26.8 Å². The van der Waals surface area contributed by atoms with Gasteiger partial charge in [0, 0.05) is 0 Å². The molecule has 0 N–H and O–H groups in total. The molecule has 1 fully saturated rings. The predicted molar refractivity (Wildman–Crippen MR) is 70.7 cm³/mol. The third-order valence-corrected chi connectivity index (χ3v) is 3.38. The summed E-state index contributed by atoms with van der Waals surface area (Å²) in [4.78, 5) is 11.6. The molecule has 0 radical (unpaired) electrons. The second kappa shape index (κ2) is 6.23. The smallest absolute Gasteiger partial charge is 0.306 e. The molecular formula is C15H26O2. The second-order valence-electron chi connectivity index (χ2n) is 5.89. The summed E-state index contributed by atoms with van der Waals surface area (Å²) >= 11 is 0. The number of rotatable bonds is 4. The zero-order valence-corrected chi connectivity index (χ0v) is 11.7. The van der Waals surface area contributed by atoms with Crippen molar-refractivity contribution in [3.05, 3.63) is 11.6 Å². The van der Waals surface area contributed by atoms with Crippen molar-refractivity contribution in [3.8, 4) is 0 Å². The van der Waals surface area contributed by atoms with Gasteiger partial charge in [0.25, 0.3) is 0 Å². The molecule has 2 nitrogen and oxygen atoms in total. The lowest BCUT2D eigenvalue weighted by Gasteiger charge is -2.34. The van der Waals surface area contributed by atoms with Crippen LogP contribution in [0.1, 0.15) is 59.8 Å². The maximum Gasteiger partial charge on any atom is 0.306 e. The van der Waals surface area contributed by atoms with E-state index in [4.69, 9.17) is 4.74 Å². The van der Waals surface area contributed by atoms with Crippen LogP contribution in [0.5, 0.6) is 0 Å². The molecule has 0 aliphatic heterocycles. The Labute approximate surface area is 105 Å². The summed E-state index contributed by atoms with van der Waals surface area (Å²) in [6.07, 6.45) is 7.54. The average Bonchev–Trinajstić information content (AvgIpc) is 2.15. The first-order valence-electron chi connectivity index (χ1n) is 6.80. The quantitative estimate of drug-likeness (QED) is 0.544. The van der Waals surface area contributed by atoms with E-state index >= 15 is 0 Å². The van der Waals surface area contributed by atoms with Gasteiger partial charge in [-0.05, 0) is 43.9 Å². The topological polar surface area (TPSA) is 26.3 Å². The van der Waals surface area contributed by atoms with Crippen molar-refractivity contribution >= 4 is 5.97 Å². The molecule has 0 aromatic carbocycles. The second-order valence-corrected chi connectivity index (χ2v) is 5.89. The molecule has 98 valence electrons. The van der Waals surface area contributed by atoms with Gasteiger partial charge >= 0.3 is 5.97 Å². The molecule has 1 aliphatic rings. The highest BCUT2D eigenvalue weighted by Gasteiger charge is 2.32. The first-order valence-corrected chi connectivity index (χ1v) is 6.80. The Balaban J connectivity index is 2.60. The Kier molecular flexibility index (Phi) is 5.23. The Hall–Kier alpha value is -0.790. The van der Waals surface area contributed by atoms with Crippen molar-refractivity contribution in [1.29, 1.82) is 0 Å². The molecule has 1 atom stereocenters. The Morgan fingerprint density at radius 3 is 2.82 bits per heavy atom. The number of carbonyl (C=O) groups is 1. The monoisotopic (exact) mass is 238 g/mol. The molecule has 0 spiro atoms. The van der Waals surface area contributed by atoms with E-state index in [1.165, 1.54) is 18.4 Å². The lowest BCUT2D eigenvalue weighted by atomic mass is 9.71. The number of hydrogen-bond acceptors (Lipinski definition) is 2. The minimum Gasteiger partial charge on any atom is -0.466 e. The van der Waals surface area contributed by atoms with Crippen LogP contribution in [0.2, 0.25) is 0 Å². The first-order chi connectivity index (χ1) is 7.95. The number of allylic oxidation sites excluding steroid dienone is 2. The predicted octanol–water partition coefficient (Wildman–Crippen LogP) is 4.10. The van der Waals surface area contributed by atoms with Crippen molar-refractivity contribution in [2.75, 3.05) is 6.61 Å². The van der Waals surface area contributed by atoms with Crippen LogP contribution in [0.3, 0.4) is 0 Å². The van der Waals surface area contributed by atoms with Crippen LogP contribution in [-0.4, -0.2) is 12.6 Å². The molecule has 2 heteroatoms. The van der Waals surface area contributed by atoms with Crippen LogP contribution in [-0.2, 0) is 9.53 Å². The van der Waals surface area contributed by atoms with E-state index in [9.17, 15) is 4.79 Å². The molecule has 17 heavy (non-hydrogen) atoms. The van der Waals surface area contributed by atoms with E-state index in [-0.39, 0.29) is 11.4 Å². The molecule has 0 bridgehead atoms. The van der Waals surface area contributed by atoms with E-state index in [1.807, 2.05) is 6.92 Å². The molecule has 1 saturated carbocycles. The summed E-state index contributed by atoms with van der Waals surface area (Å²) in [6, 6.07) is 0. The number of esters is 1. The largest absolute Gasteiger partial charge is 0.466 e. The summed E-state index contributed by atoms with van der Waals surface area (Å²) in [5, 5.41) is 0. The van der Waals surface area contributed by atoms with Crippen LogP contribution in [0.15, 0.2) is 11.6 Å². The Bertz CT molecular complexity index is 291. The van der Waals surface area contributed by atoms with Gasteiger partial charge in [-0.1, -0.05) is 32.4 Å². The van der Waals surface area contributed by atoms with Crippen LogP contribution in [0, 0.1) is 11.3 Å². The molecule has 0 aromatic rings. The van der Waals surface area contributed by atoms with E-state index < -0.39 is 0 Å². The van der Waals surface area contributed by atoms with Crippen LogP contribution in [0.25, 0.3) is 0 Å². The molecule has 0 heterocycles. The molecule has 0 amide bonds. The van der Waals surface area contributed by atoms with E-state index in [1.54, 1.807) is 0 Å². The van der Waals surface area contributed by atoms with Gasteiger partial charge < -0.3 is 4.74 Å². The highest BCUT2D eigenvalue weighted by Crippen LogP contribution is 2.41. The first kappa shape index (κ1) is 14.3. The molecular weight excluding hydrogens is 212 g/mol. The third-order valence-electron chi connectivity index (χ3n) is 3.38. The van der Waals surface area contributed by atoms with Crippen LogP contribution >= 0.6 is 0 Å². The molecule has 1 aliphatic carbocycles. The minimum absolute atomic E-state index is 0.0409. The van der Waals surface area contributed by atoms with Crippen LogP contribution < -0.4 is 0 Å². The Morgan fingerprint density at radius 1 is 1.53 bits per heavy atom. The van der Waals surface area contributed by atoms with Gasteiger partial charge in [0.2, 0.25) is 0 Å². The maximum absolute atomic E-state index is 11.6. The van der Waals surface area contributed by atoms with Crippen molar-refractivity contribution in [2.24, 2.45) is 11.3 Å². The van der Waals surface area contributed by atoms with Crippen LogP contribution in [0.4, 0.5) is 0 Å². The lowest BCUT2D eigenvalue weighted by molar-refractivity contribution is -0.145. The lowest BCUT2D eigenvalue weighted by Crippen LogP contribution is -2.26. The summed E-state index contributed by atoms with van der Waals surface area (Å²) in [6.45, 7) is 9.00. The Morgan fingerprint density at radius 2 is 2.24 bits per heavy atom. The van der Waals surface area contributed by atoms with Gasteiger partial charge in [-0.2, -0.15) is 0 Å². The number of ether oxygens (including phenoxy) is 1. The van der Waals surface area contributed by atoms with Crippen molar-refractivity contribution in [1.82, 2.24) is 0 Å². The normalized spacial score (nSPS) is 27.5. The average molecular weight is 238 g/mol.